The summed E-state index contributed by atoms with van der Waals surface area (Å²) >= 11 is 0. The zero-order valence-electron chi connectivity index (χ0n) is 16.9. The average molecular weight is 415 g/mol. The van der Waals surface area contributed by atoms with E-state index >= 15 is 0 Å². The molecule has 0 spiro atoms. The molecule has 3 aliphatic heterocycles. The second kappa shape index (κ2) is 13.2. The maximum atomic E-state index is 11.2. The Hall–Kier alpha value is -1.12. The summed E-state index contributed by atoms with van der Waals surface area (Å²) in [4.78, 5) is 13.1. The van der Waals surface area contributed by atoms with E-state index in [2.05, 4.69) is 15.4 Å². The van der Waals surface area contributed by atoms with Crippen molar-refractivity contribution >= 4 is 27.3 Å². The predicted octanol–water partition coefficient (Wildman–Crippen LogP) is -3.74. The Labute approximate surface area is 172 Å². The van der Waals surface area contributed by atoms with Gasteiger partial charge in [0.15, 0.2) is 0 Å². The van der Waals surface area contributed by atoms with E-state index < -0.39 is 33.1 Å². The maximum absolute atomic E-state index is 11.2. The average Bonchev–Trinajstić information content (AvgIpc) is 3.42. The van der Waals surface area contributed by atoms with Crippen molar-refractivity contribution in [2.75, 3.05) is 46.9 Å². The molecule has 0 radical (unpaired) electrons. The fraction of sp³-hybridized carbons (Fsp3) is 0.800. The number of carbonyl (C=O) groups excluding carboxylic acids is 1. The van der Waals surface area contributed by atoms with Gasteiger partial charge in [0.1, 0.15) is 0 Å². The first-order valence-electron chi connectivity index (χ1n) is 9.65. The standard InChI is InChI=1S/C7H14BNO4.C4H10BNO2.C4H8BNO2/c1-9-3-5(7(10)13-2)6(4-9)8(11)12;2*7-5(8)4-1-2-6-3-4/h5-6,11-12H,3-4H2,1-2H3;4,6-8H,1-3H2;3,6-8H,1-2H2. The minimum atomic E-state index is -1.45. The maximum Gasteiger partial charge on any atom is 0.485 e. The number of methoxy groups -OCH3 is 1. The second-order valence-electron chi connectivity index (χ2n) is 7.39. The number of likely N-dealkylation sites (tertiary alicyclic amines) is 1. The number of rotatable bonds is 4. The third-order valence-corrected chi connectivity index (χ3v) is 5.13. The van der Waals surface area contributed by atoms with Crippen LogP contribution in [0.15, 0.2) is 11.7 Å². The monoisotopic (exact) mass is 415 g/mol. The molecule has 0 aromatic carbocycles. The molecule has 0 aromatic rings. The van der Waals surface area contributed by atoms with Crippen molar-refractivity contribution in [3.8, 4) is 0 Å². The lowest BCUT2D eigenvalue weighted by atomic mass is 9.67. The van der Waals surface area contributed by atoms with Crippen LogP contribution in [0.5, 0.6) is 0 Å². The molecule has 164 valence electrons. The minimum Gasteiger partial charge on any atom is -0.469 e. The van der Waals surface area contributed by atoms with Crippen LogP contribution in [0, 0.1) is 5.92 Å². The molecule has 0 saturated carbocycles. The molecule has 2 fully saturated rings. The molecule has 11 nitrogen and oxygen atoms in total. The van der Waals surface area contributed by atoms with Crippen molar-refractivity contribution < 1.29 is 39.7 Å². The summed E-state index contributed by atoms with van der Waals surface area (Å²) in [6.45, 7) is 3.53. The highest BCUT2D eigenvalue weighted by atomic mass is 16.5. The highest BCUT2D eigenvalue weighted by molar-refractivity contribution is 6.50. The molecule has 14 heteroatoms. The van der Waals surface area contributed by atoms with Crippen LogP contribution < -0.4 is 10.6 Å². The lowest BCUT2D eigenvalue weighted by Gasteiger charge is -2.14. The molecule has 3 aliphatic rings. The fourth-order valence-corrected chi connectivity index (χ4v) is 3.36. The van der Waals surface area contributed by atoms with Crippen LogP contribution in [-0.2, 0) is 9.53 Å². The summed E-state index contributed by atoms with van der Waals surface area (Å²) in [6, 6.07) is 0. The molecule has 0 amide bonds. The van der Waals surface area contributed by atoms with Crippen molar-refractivity contribution in [2.45, 2.75) is 24.5 Å². The summed E-state index contributed by atoms with van der Waals surface area (Å²) in [5.74, 6) is -1.16. The van der Waals surface area contributed by atoms with E-state index in [1.54, 1.807) is 6.20 Å². The predicted molar refractivity (Wildman–Crippen MR) is 109 cm³/mol. The summed E-state index contributed by atoms with van der Waals surface area (Å²) in [5, 5.41) is 58.1. The third kappa shape index (κ3) is 9.05. The summed E-state index contributed by atoms with van der Waals surface area (Å²) in [7, 11) is -0.691. The number of nitrogens with one attached hydrogen (secondary N) is 2. The Kier molecular flexibility index (Phi) is 11.8. The van der Waals surface area contributed by atoms with Crippen LogP contribution in [-0.4, -0.2) is 109 Å². The van der Waals surface area contributed by atoms with E-state index in [-0.39, 0.29) is 11.8 Å². The molecule has 29 heavy (non-hydrogen) atoms. The lowest BCUT2D eigenvalue weighted by Crippen LogP contribution is -2.31. The van der Waals surface area contributed by atoms with Gasteiger partial charge >= 0.3 is 27.3 Å². The van der Waals surface area contributed by atoms with Gasteiger partial charge in [-0.05, 0) is 44.7 Å². The highest BCUT2D eigenvalue weighted by Crippen LogP contribution is 2.29. The van der Waals surface area contributed by atoms with Crippen LogP contribution in [0.4, 0.5) is 0 Å². The van der Waals surface area contributed by atoms with Crippen molar-refractivity contribution in [2.24, 2.45) is 5.92 Å². The Balaban J connectivity index is 0.000000228. The van der Waals surface area contributed by atoms with Gasteiger partial charge in [-0.3, -0.25) is 4.79 Å². The second-order valence-corrected chi connectivity index (χ2v) is 7.39. The first kappa shape index (κ1) is 25.9. The highest BCUT2D eigenvalue weighted by Gasteiger charge is 2.43. The molecule has 0 bridgehead atoms. The fourth-order valence-electron chi connectivity index (χ4n) is 3.36. The quantitative estimate of drug-likeness (QED) is 0.167. The normalized spacial score (nSPS) is 25.7. The molecule has 3 rings (SSSR count). The molecule has 3 unspecified atom stereocenters. The zero-order chi connectivity index (χ0) is 22.0. The van der Waals surface area contributed by atoms with Gasteiger partial charge < -0.3 is 50.4 Å². The van der Waals surface area contributed by atoms with E-state index in [4.69, 9.17) is 30.1 Å². The van der Waals surface area contributed by atoms with Crippen molar-refractivity contribution in [1.82, 2.24) is 15.5 Å². The van der Waals surface area contributed by atoms with E-state index in [1.807, 2.05) is 11.9 Å². The smallest absolute Gasteiger partial charge is 0.469 e. The van der Waals surface area contributed by atoms with Crippen LogP contribution in [0.25, 0.3) is 0 Å². The molecular formula is C15H32B3N3O8. The van der Waals surface area contributed by atoms with Gasteiger partial charge in [-0.2, -0.15) is 0 Å². The molecule has 3 heterocycles. The third-order valence-electron chi connectivity index (χ3n) is 5.13. The first-order chi connectivity index (χ1) is 13.7. The minimum absolute atomic E-state index is 0.0648. The van der Waals surface area contributed by atoms with Crippen LogP contribution in [0.1, 0.15) is 12.8 Å². The van der Waals surface area contributed by atoms with Gasteiger partial charge in [0, 0.05) is 31.3 Å². The Morgan fingerprint density at radius 3 is 2.17 bits per heavy atom. The largest absolute Gasteiger partial charge is 0.485 e. The number of nitrogens with zero attached hydrogens (tertiary/aromatic N) is 1. The topological polar surface area (TPSA) is 175 Å². The van der Waals surface area contributed by atoms with Crippen molar-refractivity contribution in [3.63, 3.8) is 0 Å². The van der Waals surface area contributed by atoms with Gasteiger partial charge in [0.25, 0.3) is 0 Å². The van der Waals surface area contributed by atoms with Crippen molar-refractivity contribution in [1.29, 1.82) is 0 Å². The molecule has 0 aromatic heterocycles. The molecule has 3 atom stereocenters. The van der Waals surface area contributed by atoms with Gasteiger partial charge in [0.2, 0.25) is 0 Å². The van der Waals surface area contributed by atoms with E-state index in [0.29, 0.717) is 18.6 Å². The van der Waals surface area contributed by atoms with Gasteiger partial charge in [0.05, 0.1) is 13.0 Å². The Bertz CT molecular complexity index is 521. The van der Waals surface area contributed by atoms with Crippen LogP contribution in [0.3, 0.4) is 0 Å². The SMILES string of the molecule is COC(=O)C1CN(C)CC1B(O)O.OB(O)C1=CNCC1.OB(O)C1CCNC1. The van der Waals surface area contributed by atoms with Crippen LogP contribution >= 0.6 is 0 Å². The number of ether oxygens (including phenoxy) is 1. The van der Waals surface area contributed by atoms with E-state index in [0.717, 1.165) is 32.5 Å². The van der Waals surface area contributed by atoms with Gasteiger partial charge in [-0.15, -0.1) is 0 Å². The lowest BCUT2D eigenvalue weighted by molar-refractivity contribution is -0.145. The Morgan fingerprint density at radius 1 is 1.14 bits per heavy atom. The molecule has 8 N–H and O–H groups in total. The van der Waals surface area contributed by atoms with Gasteiger partial charge in [-0.1, -0.05) is 0 Å². The van der Waals surface area contributed by atoms with Gasteiger partial charge in [-0.25, -0.2) is 0 Å². The number of esters is 1. The van der Waals surface area contributed by atoms with E-state index in [1.165, 1.54) is 7.11 Å². The zero-order valence-corrected chi connectivity index (χ0v) is 16.9. The van der Waals surface area contributed by atoms with E-state index in [9.17, 15) is 4.79 Å². The van der Waals surface area contributed by atoms with Crippen LogP contribution in [0.2, 0.25) is 11.6 Å². The Morgan fingerprint density at radius 2 is 1.83 bits per heavy atom. The number of hydrogen-bond acceptors (Lipinski definition) is 11. The number of hydrogen-bond donors (Lipinski definition) is 8. The first-order valence-corrected chi connectivity index (χ1v) is 9.65. The molecule has 2 saturated heterocycles. The molecular weight excluding hydrogens is 383 g/mol. The molecule has 0 aliphatic carbocycles. The summed E-state index contributed by atoms with van der Waals surface area (Å²) < 4.78 is 4.58. The number of carbonyl (C=O) groups is 1. The summed E-state index contributed by atoms with van der Waals surface area (Å²) in [6.07, 6.45) is 3.28. The van der Waals surface area contributed by atoms with Crippen molar-refractivity contribution in [3.05, 3.63) is 11.7 Å². The summed E-state index contributed by atoms with van der Waals surface area (Å²) in [5.41, 5.74) is 0.671.